The van der Waals surface area contributed by atoms with Crippen LogP contribution in [-0.4, -0.2) is 39.8 Å². The summed E-state index contributed by atoms with van der Waals surface area (Å²) in [5.74, 6) is 0.0482. The number of carbonyl (C=O) groups is 1. The molecule has 2 aromatic rings. The van der Waals surface area contributed by atoms with Crippen LogP contribution in [0, 0.1) is 5.92 Å². The second-order valence-electron chi connectivity index (χ2n) is 5.46. The molecule has 2 aromatic heterocycles. The molecule has 0 aliphatic carbocycles. The smallest absolute Gasteiger partial charge is 0.271 e. The van der Waals surface area contributed by atoms with Crippen molar-refractivity contribution in [3.63, 3.8) is 0 Å². The number of hydrogen-bond acceptors (Lipinski definition) is 5. The monoisotopic (exact) mass is 308 g/mol. The quantitative estimate of drug-likeness (QED) is 0.900. The molecule has 2 rings (SSSR count). The summed E-state index contributed by atoms with van der Waals surface area (Å²) >= 11 is 1.36. The van der Waals surface area contributed by atoms with Gasteiger partial charge in [-0.3, -0.25) is 14.0 Å². The lowest BCUT2D eigenvalue weighted by Crippen LogP contribution is -2.37. The second kappa shape index (κ2) is 6.36. The Bertz CT molecular complexity index is 692. The van der Waals surface area contributed by atoms with Gasteiger partial charge in [0, 0.05) is 37.4 Å². The molecule has 114 valence electrons. The first-order chi connectivity index (χ1) is 9.91. The summed E-state index contributed by atoms with van der Waals surface area (Å²) in [4.78, 5) is 30.8. The zero-order chi connectivity index (χ0) is 15.6. The van der Waals surface area contributed by atoms with Gasteiger partial charge in [0.05, 0.1) is 0 Å². The van der Waals surface area contributed by atoms with Gasteiger partial charge in [0.2, 0.25) is 0 Å². The average molecular weight is 308 g/mol. The van der Waals surface area contributed by atoms with Crippen molar-refractivity contribution in [3.05, 3.63) is 33.7 Å². The predicted octanol–water partition coefficient (Wildman–Crippen LogP) is 1.20. The van der Waals surface area contributed by atoms with Crippen molar-refractivity contribution in [2.75, 3.05) is 13.6 Å². The molecule has 0 saturated carbocycles. The van der Waals surface area contributed by atoms with Crippen LogP contribution in [0.3, 0.4) is 0 Å². The van der Waals surface area contributed by atoms with Crippen molar-refractivity contribution in [2.24, 2.45) is 11.7 Å². The van der Waals surface area contributed by atoms with E-state index in [1.807, 2.05) is 13.8 Å². The lowest BCUT2D eigenvalue weighted by molar-refractivity contribution is 0.0787. The van der Waals surface area contributed by atoms with E-state index in [9.17, 15) is 9.59 Å². The Hall–Kier alpha value is -1.73. The van der Waals surface area contributed by atoms with E-state index in [0.29, 0.717) is 23.8 Å². The van der Waals surface area contributed by atoms with E-state index in [1.165, 1.54) is 26.8 Å². The minimum absolute atomic E-state index is 0.0406. The maximum atomic E-state index is 12.3. The van der Waals surface area contributed by atoms with Crippen LogP contribution in [0.5, 0.6) is 0 Å². The fraction of sp³-hybridized carbons (Fsp3) is 0.500. The zero-order valence-corrected chi connectivity index (χ0v) is 13.3. The van der Waals surface area contributed by atoms with Gasteiger partial charge in [-0.2, -0.15) is 0 Å². The number of nitrogens with two attached hydrogens (primary N) is 1. The fourth-order valence-electron chi connectivity index (χ4n) is 1.95. The van der Waals surface area contributed by atoms with Gasteiger partial charge in [0.25, 0.3) is 11.5 Å². The summed E-state index contributed by atoms with van der Waals surface area (Å²) in [6, 6.07) is 0.0406. The van der Waals surface area contributed by atoms with Gasteiger partial charge < -0.3 is 10.6 Å². The third-order valence-electron chi connectivity index (χ3n) is 3.57. The molecule has 0 aliphatic heterocycles. The molecule has 1 amide bonds. The van der Waals surface area contributed by atoms with Gasteiger partial charge in [-0.15, -0.1) is 11.3 Å². The number of thiazole rings is 1. The van der Waals surface area contributed by atoms with Crippen LogP contribution in [0.15, 0.2) is 22.6 Å². The molecular formula is C14H20N4O2S. The van der Waals surface area contributed by atoms with E-state index in [0.717, 1.165) is 0 Å². The van der Waals surface area contributed by atoms with Crippen LogP contribution in [0.25, 0.3) is 4.96 Å². The van der Waals surface area contributed by atoms with Crippen molar-refractivity contribution in [2.45, 2.75) is 26.3 Å². The standard InChI is InChI=1S/C14H20N4O2S/c1-9(2)11(15)4-5-17(3)12(19)10-8-16-14-18(13(10)20)6-7-21-14/h6-9,11H,4-5,15H2,1-3H3. The molecule has 0 radical (unpaired) electrons. The summed E-state index contributed by atoms with van der Waals surface area (Å²) in [7, 11) is 1.68. The largest absolute Gasteiger partial charge is 0.341 e. The van der Waals surface area contributed by atoms with E-state index < -0.39 is 0 Å². The molecule has 0 fully saturated rings. The molecule has 1 unspecified atom stereocenters. The Kier molecular flexibility index (Phi) is 4.74. The van der Waals surface area contributed by atoms with Gasteiger partial charge in [0.15, 0.2) is 4.96 Å². The molecule has 0 aliphatic rings. The van der Waals surface area contributed by atoms with E-state index in [2.05, 4.69) is 4.98 Å². The highest BCUT2D eigenvalue weighted by Gasteiger charge is 2.18. The van der Waals surface area contributed by atoms with Crippen LogP contribution in [0.2, 0.25) is 0 Å². The number of hydrogen-bond donors (Lipinski definition) is 1. The number of fused-ring (bicyclic) bond motifs is 1. The lowest BCUT2D eigenvalue weighted by Gasteiger charge is -2.21. The van der Waals surface area contributed by atoms with Gasteiger partial charge >= 0.3 is 0 Å². The van der Waals surface area contributed by atoms with Crippen molar-refractivity contribution in [3.8, 4) is 0 Å². The molecule has 0 spiro atoms. The minimum atomic E-state index is -0.328. The molecule has 21 heavy (non-hydrogen) atoms. The molecule has 1 atom stereocenters. The highest BCUT2D eigenvalue weighted by Crippen LogP contribution is 2.08. The van der Waals surface area contributed by atoms with Crippen molar-refractivity contribution in [1.82, 2.24) is 14.3 Å². The molecule has 7 heteroatoms. The van der Waals surface area contributed by atoms with Gasteiger partial charge in [0.1, 0.15) is 5.56 Å². The normalized spacial score (nSPS) is 12.8. The van der Waals surface area contributed by atoms with Crippen molar-refractivity contribution < 1.29 is 4.79 Å². The SMILES string of the molecule is CC(C)C(N)CCN(C)C(=O)c1cnc2sccn2c1=O. The van der Waals surface area contributed by atoms with Gasteiger partial charge in [-0.25, -0.2) is 4.98 Å². The summed E-state index contributed by atoms with van der Waals surface area (Å²) in [5, 5.41) is 1.77. The first-order valence-corrected chi connectivity index (χ1v) is 7.75. The van der Waals surface area contributed by atoms with E-state index in [1.54, 1.807) is 18.6 Å². The Morgan fingerprint density at radius 2 is 2.24 bits per heavy atom. The number of amides is 1. The van der Waals surface area contributed by atoms with E-state index in [-0.39, 0.29) is 23.1 Å². The molecule has 2 heterocycles. The Balaban J connectivity index is 2.14. The van der Waals surface area contributed by atoms with Crippen LogP contribution in [0.4, 0.5) is 0 Å². The molecule has 0 saturated heterocycles. The summed E-state index contributed by atoms with van der Waals surface area (Å²) in [5.41, 5.74) is 5.74. The predicted molar refractivity (Wildman–Crippen MR) is 83.7 cm³/mol. The highest BCUT2D eigenvalue weighted by atomic mass is 32.1. The second-order valence-corrected chi connectivity index (χ2v) is 6.33. The molecule has 0 bridgehead atoms. The Labute approximate surface area is 127 Å². The Morgan fingerprint density at radius 3 is 2.90 bits per heavy atom. The minimum Gasteiger partial charge on any atom is -0.341 e. The number of aromatic nitrogens is 2. The van der Waals surface area contributed by atoms with Crippen LogP contribution < -0.4 is 11.3 Å². The third-order valence-corrected chi connectivity index (χ3v) is 4.34. The molecular weight excluding hydrogens is 288 g/mol. The lowest BCUT2D eigenvalue weighted by atomic mass is 10.0. The summed E-state index contributed by atoms with van der Waals surface area (Å²) < 4.78 is 1.39. The maximum Gasteiger partial charge on any atom is 0.271 e. The molecule has 0 aromatic carbocycles. The fourth-order valence-corrected chi connectivity index (χ4v) is 2.63. The first kappa shape index (κ1) is 15.7. The third kappa shape index (κ3) is 3.30. The van der Waals surface area contributed by atoms with Crippen LogP contribution in [0.1, 0.15) is 30.6 Å². The van der Waals surface area contributed by atoms with E-state index >= 15 is 0 Å². The topological polar surface area (TPSA) is 80.7 Å². The van der Waals surface area contributed by atoms with Crippen molar-refractivity contribution >= 4 is 22.2 Å². The summed E-state index contributed by atoms with van der Waals surface area (Å²) in [6.45, 7) is 4.62. The number of rotatable bonds is 5. The average Bonchev–Trinajstić information content (AvgIpc) is 2.93. The maximum absolute atomic E-state index is 12.3. The zero-order valence-electron chi connectivity index (χ0n) is 12.4. The Morgan fingerprint density at radius 1 is 1.52 bits per heavy atom. The van der Waals surface area contributed by atoms with Crippen LogP contribution in [-0.2, 0) is 0 Å². The number of nitrogens with zero attached hydrogens (tertiary/aromatic N) is 3. The van der Waals surface area contributed by atoms with Gasteiger partial charge in [-0.05, 0) is 12.3 Å². The summed E-state index contributed by atoms with van der Waals surface area (Å²) in [6.07, 6.45) is 3.69. The molecule has 2 N–H and O–H groups in total. The highest BCUT2D eigenvalue weighted by molar-refractivity contribution is 7.15. The van der Waals surface area contributed by atoms with E-state index in [4.69, 9.17) is 5.73 Å². The number of carbonyl (C=O) groups excluding carboxylic acids is 1. The van der Waals surface area contributed by atoms with Crippen molar-refractivity contribution in [1.29, 1.82) is 0 Å². The molecule has 6 nitrogen and oxygen atoms in total. The first-order valence-electron chi connectivity index (χ1n) is 6.87. The van der Waals surface area contributed by atoms with Crippen LogP contribution >= 0.6 is 11.3 Å². The van der Waals surface area contributed by atoms with Gasteiger partial charge in [-0.1, -0.05) is 13.8 Å².